The molecule has 0 unspecified atom stereocenters. The number of carbonyl (C=O) groups excluding carboxylic acids is 1. The molecule has 2 aromatic carbocycles. The normalized spacial score (nSPS) is 11.0. The van der Waals surface area contributed by atoms with E-state index in [2.05, 4.69) is 20.5 Å². The molecule has 0 saturated carbocycles. The highest BCUT2D eigenvalue weighted by molar-refractivity contribution is 6.31. The molecule has 0 spiro atoms. The van der Waals surface area contributed by atoms with E-state index >= 15 is 0 Å². The van der Waals surface area contributed by atoms with Crippen LogP contribution in [0.15, 0.2) is 60.9 Å². The maximum Gasteiger partial charge on any atom is 0.253 e. The lowest BCUT2D eigenvalue weighted by molar-refractivity contribution is 0.0950. The first-order chi connectivity index (χ1) is 14.1. The molecule has 2 aromatic heterocycles. The first-order valence-electron chi connectivity index (χ1n) is 9.11. The molecule has 0 fully saturated rings. The number of H-pyrrole nitrogens is 1. The molecule has 29 heavy (non-hydrogen) atoms. The molecule has 146 valence electrons. The van der Waals surface area contributed by atoms with E-state index in [0.717, 1.165) is 33.3 Å². The number of aromatic amines is 1. The first kappa shape index (κ1) is 19.4. The predicted molar refractivity (Wildman–Crippen MR) is 115 cm³/mol. The van der Waals surface area contributed by atoms with E-state index in [1.807, 2.05) is 42.5 Å². The van der Waals surface area contributed by atoms with E-state index in [1.165, 1.54) is 0 Å². The summed E-state index contributed by atoms with van der Waals surface area (Å²) in [4.78, 5) is 16.8. The van der Waals surface area contributed by atoms with Gasteiger partial charge in [0.2, 0.25) is 0 Å². The molecule has 0 atom stereocenters. The highest BCUT2D eigenvalue weighted by atomic mass is 35.5. The van der Waals surface area contributed by atoms with Crippen LogP contribution in [0, 0.1) is 0 Å². The summed E-state index contributed by atoms with van der Waals surface area (Å²) in [6.45, 7) is 0.295. The summed E-state index contributed by atoms with van der Waals surface area (Å²) in [6, 6.07) is 15.4. The van der Waals surface area contributed by atoms with Crippen LogP contribution >= 0.6 is 23.2 Å². The number of nitrogens with zero attached hydrogens (tertiary/aromatic N) is 2. The van der Waals surface area contributed by atoms with Crippen molar-refractivity contribution in [1.82, 2.24) is 20.5 Å². The molecule has 2 N–H and O–H groups in total. The molecule has 0 bridgehead atoms. The topological polar surface area (TPSA) is 70.7 Å². The minimum absolute atomic E-state index is 0.199. The minimum atomic E-state index is -0.199. The van der Waals surface area contributed by atoms with E-state index < -0.39 is 0 Å². The van der Waals surface area contributed by atoms with Gasteiger partial charge >= 0.3 is 0 Å². The van der Waals surface area contributed by atoms with Crippen molar-refractivity contribution in [2.24, 2.45) is 0 Å². The Labute approximate surface area is 178 Å². The number of alkyl halides is 1. The molecular formula is C22H18Cl2N4O. The molecule has 0 aliphatic heterocycles. The van der Waals surface area contributed by atoms with Gasteiger partial charge in [0.15, 0.2) is 0 Å². The molecule has 0 saturated heterocycles. The lowest BCUT2D eigenvalue weighted by Gasteiger charge is -2.07. The summed E-state index contributed by atoms with van der Waals surface area (Å²) < 4.78 is 0. The van der Waals surface area contributed by atoms with Gasteiger partial charge < -0.3 is 5.32 Å². The molecule has 0 aliphatic rings. The van der Waals surface area contributed by atoms with Gasteiger partial charge in [-0.1, -0.05) is 35.9 Å². The van der Waals surface area contributed by atoms with E-state index in [4.69, 9.17) is 23.2 Å². The van der Waals surface area contributed by atoms with Crippen LogP contribution in [0.25, 0.3) is 10.9 Å². The Morgan fingerprint density at radius 2 is 1.79 bits per heavy atom. The van der Waals surface area contributed by atoms with Gasteiger partial charge in [-0.05, 0) is 47.4 Å². The molecule has 4 rings (SSSR count). The van der Waals surface area contributed by atoms with Gasteiger partial charge in [-0.15, -0.1) is 11.6 Å². The van der Waals surface area contributed by atoms with Crippen LogP contribution in [-0.2, 0) is 18.8 Å². The lowest BCUT2D eigenvalue weighted by atomic mass is 10.0. The number of hydrogen-bond acceptors (Lipinski definition) is 3. The average Bonchev–Trinajstić information content (AvgIpc) is 3.15. The summed E-state index contributed by atoms with van der Waals surface area (Å²) in [5.41, 5.74) is 5.31. The number of pyridine rings is 1. The number of aromatic nitrogens is 3. The number of carbonyl (C=O) groups is 1. The van der Waals surface area contributed by atoms with Crippen molar-refractivity contribution in [2.45, 2.75) is 18.8 Å². The van der Waals surface area contributed by atoms with Gasteiger partial charge in [0.1, 0.15) is 0 Å². The lowest BCUT2D eigenvalue weighted by Crippen LogP contribution is -2.23. The maximum atomic E-state index is 12.6. The van der Waals surface area contributed by atoms with Crippen LogP contribution in [0.2, 0.25) is 5.02 Å². The third-order valence-electron chi connectivity index (χ3n) is 4.66. The fourth-order valence-corrected chi connectivity index (χ4v) is 3.48. The number of hydrogen-bond donors (Lipinski definition) is 2. The van der Waals surface area contributed by atoms with Gasteiger partial charge in [-0.25, -0.2) is 0 Å². The first-order valence-corrected chi connectivity index (χ1v) is 10.0. The summed E-state index contributed by atoms with van der Waals surface area (Å²) in [7, 11) is 0. The van der Waals surface area contributed by atoms with Crippen LogP contribution < -0.4 is 5.32 Å². The Morgan fingerprint density at radius 1 is 1.00 bits per heavy atom. The Balaban J connectivity index is 1.44. The quantitative estimate of drug-likeness (QED) is 0.433. The van der Waals surface area contributed by atoms with Crippen molar-refractivity contribution in [3.63, 3.8) is 0 Å². The van der Waals surface area contributed by atoms with Crippen molar-refractivity contribution >= 4 is 40.0 Å². The van der Waals surface area contributed by atoms with Crippen molar-refractivity contribution in [1.29, 1.82) is 0 Å². The summed E-state index contributed by atoms with van der Waals surface area (Å²) in [5.74, 6) is 0.296. The highest BCUT2D eigenvalue weighted by Gasteiger charge is 2.11. The third-order valence-corrected chi connectivity index (χ3v) is 5.21. The number of amides is 1. The SMILES string of the molecule is O=C(NCc1n[nH]c2ccc(Cl)cc12)c1cncc(Cc2ccc(CCl)cc2)c1. The number of rotatable bonds is 6. The number of benzene rings is 2. The van der Waals surface area contributed by atoms with Gasteiger partial charge in [0.25, 0.3) is 5.91 Å². The molecule has 0 radical (unpaired) electrons. The number of nitrogens with one attached hydrogen (secondary N) is 2. The van der Waals surface area contributed by atoms with Gasteiger partial charge in [-0.2, -0.15) is 5.10 Å². The number of fused-ring (bicyclic) bond motifs is 1. The summed E-state index contributed by atoms with van der Waals surface area (Å²) >= 11 is 11.9. The second-order valence-corrected chi connectivity index (χ2v) is 7.46. The van der Waals surface area contributed by atoms with Gasteiger partial charge in [-0.3, -0.25) is 14.9 Å². The zero-order valence-electron chi connectivity index (χ0n) is 15.5. The standard InChI is InChI=1S/C22H18Cl2N4O/c23-10-15-3-1-14(2-4-15)7-16-8-17(12-25-11-16)22(29)26-13-21-19-9-18(24)5-6-20(19)27-28-21/h1-6,8-9,11-12H,7,10,13H2,(H,26,29)(H,27,28). The predicted octanol–water partition coefficient (Wildman–Crippen LogP) is 4.87. The molecule has 2 heterocycles. The fraction of sp³-hybridized carbons (Fsp3) is 0.136. The zero-order valence-corrected chi connectivity index (χ0v) is 17.0. The van der Waals surface area contributed by atoms with Crippen LogP contribution in [0.5, 0.6) is 0 Å². The smallest absolute Gasteiger partial charge is 0.253 e. The minimum Gasteiger partial charge on any atom is -0.346 e. The van der Waals surface area contributed by atoms with Crippen LogP contribution in [0.3, 0.4) is 0 Å². The van der Waals surface area contributed by atoms with Crippen LogP contribution in [0.1, 0.15) is 32.7 Å². The molecule has 4 aromatic rings. The molecule has 7 heteroatoms. The molecule has 5 nitrogen and oxygen atoms in total. The zero-order chi connectivity index (χ0) is 20.2. The van der Waals surface area contributed by atoms with E-state index in [9.17, 15) is 4.79 Å². The molecular weight excluding hydrogens is 407 g/mol. The fourth-order valence-electron chi connectivity index (χ4n) is 3.13. The van der Waals surface area contributed by atoms with E-state index in [0.29, 0.717) is 29.4 Å². The number of halogens is 2. The van der Waals surface area contributed by atoms with E-state index in [-0.39, 0.29) is 5.91 Å². The second kappa shape index (κ2) is 8.64. The maximum absolute atomic E-state index is 12.6. The summed E-state index contributed by atoms with van der Waals surface area (Å²) in [5, 5.41) is 11.6. The van der Waals surface area contributed by atoms with Crippen molar-refractivity contribution in [3.8, 4) is 0 Å². The highest BCUT2D eigenvalue weighted by Crippen LogP contribution is 2.20. The van der Waals surface area contributed by atoms with Crippen molar-refractivity contribution < 1.29 is 4.79 Å². The van der Waals surface area contributed by atoms with Crippen LogP contribution in [-0.4, -0.2) is 21.1 Å². The Morgan fingerprint density at radius 3 is 2.59 bits per heavy atom. The third kappa shape index (κ3) is 4.58. The van der Waals surface area contributed by atoms with Gasteiger partial charge in [0.05, 0.1) is 23.3 Å². The van der Waals surface area contributed by atoms with Crippen molar-refractivity contribution in [3.05, 3.63) is 93.9 Å². The van der Waals surface area contributed by atoms with Crippen LogP contribution in [0.4, 0.5) is 0 Å². The largest absolute Gasteiger partial charge is 0.346 e. The molecule has 1 amide bonds. The Bertz CT molecular complexity index is 1160. The van der Waals surface area contributed by atoms with E-state index in [1.54, 1.807) is 18.5 Å². The Kier molecular flexibility index (Phi) is 5.79. The Hall–Kier alpha value is -2.89. The second-order valence-electron chi connectivity index (χ2n) is 6.75. The van der Waals surface area contributed by atoms with Gasteiger partial charge in [0, 0.05) is 28.7 Å². The molecule has 0 aliphatic carbocycles. The average molecular weight is 425 g/mol. The summed E-state index contributed by atoms with van der Waals surface area (Å²) in [6.07, 6.45) is 4.03. The van der Waals surface area contributed by atoms with Crippen molar-refractivity contribution in [2.75, 3.05) is 0 Å². The monoisotopic (exact) mass is 424 g/mol.